The number of carboxylic acids is 2. The molecule has 0 bridgehead atoms. The van der Waals surface area contributed by atoms with Crippen molar-refractivity contribution in [3.63, 3.8) is 0 Å². The van der Waals surface area contributed by atoms with E-state index < -0.39 is 57.4 Å². The van der Waals surface area contributed by atoms with E-state index in [-0.39, 0.29) is 38.8 Å². The number of fused-ring (bicyclic) bond motifs is 1. The van der Waals surface area contributed by atoms with Gasteiger partial charge >= 0.3 is 11.9 Å². The Balaban J connectivity index is 1.55. The molecule has 0 unspecified atom stereocenters. The lowest BCUT2D eigenvalue weighted by molar-refractivity contribution is -0.137. The van der Waals surface area contributed by atoms with Crippen LogP contribution in [0, 0.1) is 5.82 Å². The number of carboxylic acid groups (broad SMARTS) is 2. The molecule has 13 nitrogen and oxygen atoms in total. The summed E-state index contributed by atoms with van der Waals surface area (Å²) in [4.78, 5) is 24.1. The maximum atomic E-state index is 14.4. The Morgan fingerprint density at radius 2 is 1.40 bits per heavy atom. The number of methoxy groups -OCH3 is 1. The van der Waals surface area contributed by atoms with Crippen molar-refractivity contribution >= 4 is 48.4 Å². The van der Waals surface area contributed by atoms with Crippen LogP contribution >= 0.6 is 0 Å². The predicted octanol–water partition coefficient (Wildman–Crippen LogP) is 6.38. The molecule has 0 aliphatic heterocycles. The van der Waals surface area contributed by atoms with Gasteiger partial charge in [-0.3, -0.25) is 13.9 Å². The number of hydrogen-bond donors (Lipinski definition) is 2. The Morgan fingerprint density at radius 3 is 2.02 bits per heavy atom. The second-order valence-electron chi connectivity index (χ2n) is 12.1. The molecule has 6 aromatic rings. The number of hydrogen-bond acceptors (Lipinski definition) is 9. The van der Waals surface area contributed by atoms with E-state index >= 15 is 0 Å². The van der Waals surface area contributed by atoms with Crippen molar-refractivity contribution < 1.29 is 54.9 Å². The molecule has 6 rings (SSSR count). The van der Waals surface area contributed by atoms with Crippen LogP contribution in [0.25, 0.3) is 22.1 Å². The molecule has 0 saturated heterocycles. The topological polar surface area (TPSA) is 181 Å². The summed E-state index contributed by atoms with van der Waals surface area (Å²) < 4.78 is 89.3. The minimum atomic E-state index is -4.70. The van der Waals surface area contributed by atoms with Gasteiger partial charge in [-0.2, -0.15) is 4.31 Å². The average Bonchev–Trinajstić information content (AvgIpc) is 3.72. The molecule has 55 heavy (non-hydrogen) atoms. The minimum Gasteiger partial charge on any atom is -0.497 e. The van der Waals surface area contributed by atoms with Crippen LogP contribution in [0.2, 0.25) is 0 Å². The van der Waals surface area contributed by atoms with Crippen LogP contribution in [-0.2, 0) is 42.8 Å². The molecule has 1 aromatic heterocycles. The van der Waals surface area contributed by atoms with Crippen LogP contribution < -0.4 is 13.8 Å². The van der Waals surface area contributed by atoms with E-state index in [1.54, 1.807) is 36.4 Å². The second kappa shape index (κ2) is 16.0. The van der Waals surface area contributed by atoms with Crippen molar-refractivity contribution in [1.82, 2.24) is 4.31 Å². The van der Waals surface area contributed by atoms with Gasteiger partial charge in [0.05, 0.1) is 23.2 Å². The number of halogens is 1. The molecule has 16 heteroatoms. The highest BCUT2D eigenvalue weighted by atomic mass is 32.2. The predicted molar refractivity (Wildman–Crippen MR) is 199 cm³/mol. The summed E-state index contributed by atoms with van der Waals surface area (Å²) in [5.41, 5.74) is 0.763. The summed E-state index contributed by atoms with van der Waals surface area (Å²) >= 11 is 0. The lowest BCUT2D eigenvalue weighted by atomic mass is 10.0. The van der Waals surface area contributed by atoms with Gasteiger partial charge in [-0.1, -0.05) is 36.4 Å². The number of aliphatic carboxylic acids is 2. The molecule has 0 amide bonds. The quantitative estimate of drug-likeness (QED) is 0.111. The van der Waals surface area contributed by atoms with Gasteiger partial charge in [-0.15, -0.1) is 0 Å². The average molecular weight is 789 g/mol. The zero-order valence-electron chi connectivity index (χ0n) is 29.0. The number of furan rings is 1. The van der Waals surface area contributed by atoms with Crippen LogP contribution in [0.4, 0.5) is 10.1 Å². The minimum absolute atomic E-state index is 0.00756. The van der Waals surface area contributed by atoms with E-state index in [1.807, 2.05) is 0 Å². The molecule has 0 fully saturated rings. The standard InChI is InChI=1S/C39H33FN2O11S2/c1-51-31-14-18-33(19-15-31)55(49,50)42(24-37(45)46)38-34-6-3-2-5-28(34)21-29(39(38)53-25-26-8-12-30(40)13-9-26)22-41(23-36(43)44)54(47,48)32-16-10-27(11-17-32)35-7-4-20-52-35/h2-21H,22-25H2,1H3,(H,43,44)(H,45,46). The first-order valence-electron chi connectivity index (χ1n) is 16.4. The molecular weight excluding hydrogens is 756 g/mol. The van der Waals surface area contributed by atoms with Crippen LogP contribution in [0.3, 0.4) is 0 Å². The second-order valence-corrected chi connectivity index (χ2v) is 15.9. The Hall–Kier alpha value is -6.23. The number of rotatable bonds is 16. The van der Waals surface area contributed by atoms with Crippen LogP contribution in [-0.4, -0.2) is 63.5 Å². The third kappa shape index (κ3) is 8.46. The van der Waals surface area contributed by atoms with E-state index in [9.17, 15) is 41.0 Å². The van der Waals surface area contributed by atoms with Crippen molar-refractivity contribution in [1.29, 1.82) is 0 Å². The fourth-order valence-corrected chi connectivity index (χ4v) is 8.66. The summed E-state index contributed by atoms with van der Waals surface area (Å²) in [6.45, 7) is -3.06. The van der Waals surface area contributed by atoms with Crippen molar-refractivity contribution in [2.24, 2.45) is 0 Å². The number of sulfonamides is 2. The largest absolute Gasteiger partial charge is 0.497 e. The summed E-state index contributed by atoms with van der Waals surface area (Å²) in [7, 11) is -7.87. The summed E-state index contributed by atoms with van der Waals surface area (Å²) in [5, 5.41) is 20.6. The molecule has 284 valence electrons. The number of ether oxygens (including phenoxy) is 2. The number of carbonyl (C=O) groups is 2. The third-order valence-corrected chi connectivity index (χ3v) is 12.0. The zero-order valence-corrected chi connectivity index (χ0v) is 30.7. The molecule has 0 radical (unpaired) electrons. The zero-order chi connectivity index (χ0) is 39.3. The van der Waals surface area contributed by atoms with Gasteiger partial charge < -0.3 is 24.1 Å². The monoisotopic (exact) mass is 788 g/mol. The first-order chi connectivity index (χ1) is 26.3. The highest BCUT2D eigenvalue weighted by molar-refractivity contribution is 7.93. The Kier molecular flexibility index (Phi) is 11.2. The molecule has 2 N–H and O–H groups in total. The summed E-state index contributed by atoms with van der Waals surface area (Å²) in [5.74, 6) is -2.96. The van der Waals surface area contributed by atoms with Gasteiger partial charge in [-0.05, 0) is 89.8 Å². The van der Waals surface area contributed by atoms with Crippen molar-refractivity contribution in [2.75, 3.05) is 24.5 Å². The summed E-state index contributed by atoms with van der Waals surface area (Å²) in [6, 6.07) is 27.4. The normalized spacial score (nSPS) is 11.8. The maximum Gasteiger partial charge on any atom is 0.324 e. The molecule has 0 aliphatic rings. The maximum absolute atomic E-state index is 14.4. The first-order valence-corrected chi connectivity index (χ1v) is 19.3. The highest BCUT2D eigenvalue weighted by Gasteiger charge is 2.34. The molecular formula is C39H33FN2O11S2. The fraction of sp³-hybridized carbons (Fsp3) is 0.128. The molecule has 0 atom stereocenters. The smallest absolute Gasteiger partial charge is 0.324 e. The van der Waals surface area contributed by atoms with Crippen LogP contribution in [0.1, 0.15) is 11.1 Å². The van der Waals surface area contributed by atoms with E-state index in [0.29, 0.717) is 36.6 Å². The third-order valence-electron chi connectivity index (χ3n) is 8.48. The molecule has 5 aromatic carbocycles. The number of benzene rings is 5. The molecule has 0 aliphatic carbocycles. The van der Waals surface area contributed by atoms with Gasteiger partial charge in [0.2, 0.25) is 10.0 Å². The Bertz CT molecular complexity index is 2540. The first kappa shape index (κ1) is 38.5. The van der Waals surface area contributed by atoms with Crippen LogP contribution in [0.15, 0.2) is 136 Å². The van der Waals surface area contributed by atoms with E-state index in [1.165, 1.54) is 92.2 Å². The SMILES string of the molecule is COc1ccc(S(=O)(=O)N(CC(=O)O)c2c(OCc3ccc(F)cc3)c(CN(CC(=O)O)S(=O)(=O)c3ccc(-c4ccco4)cc3)cc3ccccc23)cc1. The number of nitrogens with zero attached hydrogens (tertiary/aromatic N) is 2. The molecule has 0 spiro atoms. The van der Waals surface area contributed by atoms with Crippen molar-refractivity contribution in [3.8, 4) is 22.8 Å². The van der Waals surface area contributed by atoms with Gasteiger partial charge in [0.25, 0.3) is 10.0 Å². The lowest BCUT2D eigenvalue weighted by Gasteiger charge is -2.29. The Labute approximate surface area is 315 Å². The van der Waals surface area contributed by atoms with Crippen molar-refractivity contribution in [3.05, 3.63) is 138 Å². The molecule has 1 heterocycles. The Morgan fingerprint density at radius 1 is 0.764 bits per heavy atom. The van der Waals surface area contributed by atoms with Crippen LogP contribution in [0.5, 0.6) is 11.5 Å². The van der Waals surface area contributed by atoms with E-state index in [2.05, 4.69) is 0 Å². The fourth-order valence-electron chi connectivity index (χ4n) is 5.86. The molecule has 0 saturated carbocycles. The van der Waals surface area contributed by atoms with E-state index in [0.717, 1.165) is 0 Å². The van der Waals surface area contributed by atoms with E-state index in [4.69, 9.17) is 13.9 Å². The van der Waals surface area contributed by atoms with Gasteiger partial charge in [0.1, 0.15) is 48.5 Å². The van der Waals surface area contributed by atoms with Crippen molar-refractivity contribution in [2.45, 2.75) is 22.9 Å². The summed E-state index contributed by atoms with van der Waals surface area (Å²) in [6.07, 6.45) is 1.46. The van der Waals surface area contributed by atoms with Gasteiger partial charge in [0, 0.05) is 23.1 Å². The van der Waals surface area contributed by atoms with Gasteiger partial charge in [-0.25, -0.2) is 21.2 Å². The number of anilines is 1. The van der Waals surface area contributed by atoms with Gasteiger partial charge in [0.15, 0.2) is 0 Å². The highest BCUT2D eigenvalue weighted by Crippen LogP contribution is 2.43. The lowest BCUT2D eigenvalue weighted by Crippen LogP contribution is -2.37.